The lowest BCUT2D eigenvalue weighted by molar-refractivity contribution is 0.0995. The molecule has 1 aromatic heterocycles. The van der Waals surface area contributed by atoms with Gasteiger partial charge in [0.1, 0.15) is 0 Å². The molecule has 0 radical (unpaired) electrons. The van der Waals surface area contributed by atoms with Crippen LogP contribution in [0, 0.1) is 0 Å². The fourth-order valence-electron chi connectivity index (χ4n) is 0.446. The number of aromatic nitrogens is 2. The number of hydrogen-bond donors (Lipinski definition) is 1. The van der Waals surface area contributed by atoms with Gasteiger partial charge in [-0.05, 0) is 11.5 Å². The number of thiocarbonyl (C=S) groups is 1. The van der Waals surface area contributed by atoms with E-state index in [1.54, 1.807) is 0 Å². The number of nitrogens with two attached hydrogens (primary N) is 1. The van der Waals surface area contributed by atoms with E-state index in [9.17, 15) is 4.79 Å². The van der Waals surface area contributed by atoms with Crippen molar-refractivity contribution >= 4 is 35.0 Å². The first-order chi connectivity index (χ1) is 4.75. The van der Waals surface area contributed by atoms with Crippen molar-refractivity contribution in [2.75, 3.05) is 0 Å². The SMILES string of the molecule is NC(=O)c1nnsc1C=S. The van der Waals surface area contributed by atoms with Crippen molar-refractivity contribution in [3.05, 3.63) is 10.6 Å². The topological polar surface area (TPSA) is 68.9 Å². The number of carbonyl (C=O) groups is 1. The largest absolute Gasteiger partial charge is 0.364 e. The molecule has 0 spiro atoms. The highest BCUT2D eigenvalue weighted by Gasteiger charge is 2.09. The molecule has 52 valence electrons. The van der Waals surface area contributed by atoms with E-state index in [0.29, 0.717) is 4.88 Å². The van der Waals surface area contributed by atoms with Crippen LogP contribution in [0.4, 0.5) is 0 Å². The van der Waals surface area contributed by atoms with Crippen LogP contribution in [-0.2, 0) is 0 Å². The van der Waals surface area contributed by atoms with E-state index in [0.717, 1.165) is 11.5 Å². The molecule has 0 aliphatic heterocycles. The van der Waals surface area contributed by atoms with Crippen LogP contribution in [0.2, 0.25) is 0 Å². The van der Waals surface area contributed by atoms with Gasteiger partial charge < -0.3 is 5.73 Å². The minimum absolute atomic E-state index is 0.153. The summed E-state index contributed by atoms with van der Waals surface area (Å²) >= 11 is 5.63. The molecule has 0 fully saturated rings. The van der Waals surface area contributed by atoms with E-state index in [1.807, 2.05) is 0 Å². The molecular weight excluding hydrogens is 170 g/mol. The van der Waals surface area contributed by atoms with Crippen molar-refractivity contribution in [3.63, 3.8) is 0 Å². The predicted octanol–water partition coefficient (Wildman–Crippen LogP) is -0.0152. The Balaban J connectivity index is 3.13. The van der Waals surface area contributed by atoms with E-state index >= 15 is 0 Å². The van der Waals surface area contributed by atoms with Crippen LogP contribution in [0.3, 0.4) is 0 Å². The van der Waals surface area contributed by atoms with E-state index in [1.165, 1.54) is 5.37 Å². The van der Waals surface area contributed by atoms with Crippen LogP contribution in [0.25, 0.3) is 0 Å². The van der Waals surface area contributed by atoms with Gasteiger partial charge >= 0.3 is 0 Å². The second-order valence-corrected chi connectivity index (χ2v) is 2.49. The van der Waals surface area contributed by atoms with Gasteiger partial charge in [-0.1, -0.05) is 16.7 Å². The molecule has 4 nitrogen and oxygen atoms in total. The van der Waals surface area contributed by atoms with E-state index in [2.05, 4.69) is 21.8 Å². The summed E-state index contributed by atoms with van der Waals surface area (Å²) in [5, 5.41) is 4.82. The van der Waals surface area contributed by atoms with Gasteiger partial charge in [0.15, 0.2) is 5.69 Å². The summed E-state index contributed by atoms with van der Waals surface area (Å²) in [7, 11) is 0. The molecule has 1 amide bonds. The molecule has 1 heterocycles. The highest BCUT2D eigenvalue weighted by molar-refractivity contribution is 7.79. The van der Waals surface area contributed by atoms with Crippen LogP contribution in [0.5, 0.6) is 0 Å². The summed E-state index contributed by atoms with van der Waals surface area (Å²) in [6, 6.07) is 0. The normalized spacial score (nSPS) is 9.20. The van der Waals surface area contributed by atoms with Crippen LogP contribution in [0.15, 0.2) is 0 Å². The molecule has 6 heteroatoms. The molecule has 0 bridgehead atoms. The molecule has 0 saturated heterocycles. The first-order valence-corrected chi connectivity index (χ1v) is 3.57. The number of carbonyl (C=O) groups excluding carboxylic acids is 1. The average Bonchev–Trinajstić information content (AvgIpc) is 2.33. The number of nitrogens with zero attached hydrogens (tertiary/aromatic N) is 2. The molecule has 10 heavy (non-hydrogen) atoms. The van der Waals surface area contributed by atoms with E-state index in [-0.39, 0.29) is 5.69 Å². The van der Waals surface area contributed by atoms with Crippen LogP contribution in [0.1, 0.15) is 15.4 Å². The third-order valence-electron chi connectivity index (χ3n) is 0.854. The molecule has 1 aromatic rings. The van der Waals surface area contributed by atoms with Crippen molar-refractivity contribution in [3.8, 4) is 0 Å². The van der Waals surface area contributed by atoms with Gasteiger partial charge in [-0.25, -0.2) is 0 Å². The Labute approximate surface area is 66.2 Å². The first kappa shape index (κ1) is 7.23. The Hall–Kier alpha value is -0.880. The van der Waals surface area contributed by atoms with Gasteiger partial charge in [0.05, 0.1) is 4.88 Å². The number of amides is 1. The lowest BCUT2D eigenvalue weighted by atomic mass is 10.4. The quantitative estimate of drug-likeness (QED) is 0.638. The standard InChI is InChI=1S/C4H3N3OS2/c5-4(8)3-2(1-9)10-7-6-3/h1H,(H2,5,8). The third-order valence-corrected chi connectivity index (χ3v) is 1.91. The molecule has 0 saturated carbocycles. The maximum atomic E-state index is 10.5. The van der Waals surface area contributed by atoms with Gasteiger partial charge in [-0.2, -0.15) is 0 Å². The fraction of sp³-hybridized carbons (Fsp3) is 0. The van der Waals surface area contributed by atoms with Crippen molar-refractivity contribution in [2.45, 2.75) is 0 Å². The van der Waals surface area contributed by atoms with Crippen molar-refractivity contribution in [2.24, 2.45) is 5.73 Å². The molecule has 0 unspecified atom stereocenters. The van der Waals surface area contributed by atoms with Crippen molar-refractivity contribution in [1.29, 1.82) is 0 Å². The van der Waals surface area contributed by atoms with Crippen LogP contribution in [-0.4, -0.2) is 20.9 Å². The van der Waals surface area contributed by atoms with Gasteiger partial charge in [0, 0.05) is 5.37 Å². The molecule has 0 aliphatic rings. The Bertz CT molecular complexity index is 269. The Morgan fingerprint density at radius 1 is 1.80 bits per heavy atom. The van der Waals surface area contributed by atoms with Gasteiger partial charge in [-0.15, -0.1) is 5.10 Å². The Morgan fingerprint density at radius 2 is 2.50 bits per heavy atom. The highest BCUT2D eigenvalue weighted by Crippen LogP contribution is 2.05. The Morgan fingerprint density at radius 3 is 2.90 bits per heavy atom. The number of hydrogen-bond acceptors (Lipinski definition) is 5. The average molecular weight is 173 g/mol. The maximum absolute atomic E-state index is 10.5. The predicted molar refractivity (Wildman–Crippen MR) is 41.2 cm³/mol. The monoisotopic (exact) mass is 173 g/mol. The van der Waals surface area contributed by atoms with Crippen LogP contribution < -0.4 is 5.73 Å². The summed E-state index contributed by atoms with van der Waals surface area (Å²) in [6.45, 7) is 0. The fourth-order valence-corrected chi connectivity index (χ4v) is 1.17. The number of rotatable bonds is 2. The van der Waals surface area contributed by atoms with Gasteiger partial charge in [-0.3, -0.25) is 4.79 Å². The smallest absolute Gasteiger partial charge is 0.270 e. The Kier molecular flexibility index (Phi) is 2.03. The second-order valence-electron chi connectivity index (χ2n) is 1.47. The second kappa shape index (κ2) is 2.80. The molecule has 2 N–H and O–H groups in total. The van der Waals surface area contributed by atoms with Crippen LogP contribution >= 0.6 is 23.8 Å². The zero-order chi connectivity index (χ0) is 7.56. The minimum atomic E-state index is -0.593. The molecule has 0 aromatic carbocycles. The maximum Gasteiger partial charge on any atom is 0.270 e. The lowest BCUT2D eigenvalue weighted by Gasteiger charge is -1.84. The summed E-state index contributed by atoms with van der Waals surface area (Å²) in [6.07, 6.45) is 0. The van der Waals surface area contributed by atoms with Gasteiger partial charge in [0.25, 0.3) is 5.91 Å². The van der Waals surface area contributed by atoms with E-state index in [4.69, 9.17) is 5.73 Å². The lowest BCUT2D eigenvalue weighted by Crippen LogP contribution is -2.13. The zero-order valence-electron chi connectivity index (χ0n) is 4.77. The summed E-state index contributed by atoms with van der Waals surface area (Å²) < 4.78 is 3.51. The van der Waals surface area contributed by atoms with Crippen molar-refractivity contribution in [1.82, 2.24) is 9.59 Å². The number of primary amides is 1. The molecule has 1 rings (SSSR count). The molecular formula is C4H3N3OS2. The van der Waals surface area contributed by atoms with E-state index < -0.39 is 5.91 Å². The molecule has 0 atom stereocenters. The summed E-state index contributed by atoms with van der Waals surface area (Å²) in [5.74, 6) is -0.593. The van der Waals surface area contributed by atoms with Crippen molar-refractivity contribution < 1.29 is 4.79 Å². The summed E-state index contributed by atoms with van der Waals surface area (Å²) in [5.41, 5.74) is 5.09. The first-order valence-electron chi connectivity index (χ1n) is 2.33. The molecule has 0 aliphatic carbocycles. The van der Waals surface area contributed by atoms with Gasteiger partial charge in [0.2, 0.25) is 0 Å². The highest BCUT2D eigenvalue weighted by atomic mass is 32.1. The minimum Gasteiger partial charge on any atom is -0.364 e. The summed E-state index contributed by atoms with van der Waals surface area (Å²) in [4.78, 5) is 11.0. The zero-order valence-corrected chi connectivity index (χ0v) is 6.41. The third kappa shape index (κ3) is 1.17.